The van der Waals surface area contributed by atoms with Crippen LogP contribution in [0.25, 0.3) is 0 Å². The van der Waals surface area contributed by atoms with E-state index in [4.69, 9.17) is 0 Å². The van der Waals surface area contributed by atoms with Crippen LogP contribution in [0.2, 0.25) is 0 Å². The second-order valence-electron chi connectivity index (χ2n) is 7.35. The van der Waals surface area contributed by atoms with Gasteiger partial charge in [-0.1, -0.05) is 27.7 Å². The van der Waals surface area contributed by atoms with Crippen molar-refractivity contribution in [1.82, 2.24) is 10.2 Å². The van der Waals surface area contributed by atoms with E-state index in [1.54, 1.807) is 0 Å². The molecule has 106 valence electrons. The van der Waals surface area contributed by atoms with E-state index in [-0.39, 0.29) is 0 Å². The second-order valence-corrected chi connectivity index (χ2v) is 7.35. The largest absolute Gasteiger partial charge is 0.311 e. The molecule has 2 nitrogen and oxygen atoms in total. The Morgan fingerprint density at radius 3 is 2.39 bits per heavy atom. The Morgan fingerprint density at radius 1 is 1.11 bits per heavy atom. The Labute approximate surface area is 114 Å². The monoisotopic (exact) mass is 252 g/mol. The highest BCUT2D eigenvalue weighted by molar-refractivity contribution is 4.87. The van der Waals surface area contributed by atoms with Gasteiger partial charge in [-0.05, 0) is 43.4 Å². The van der Waals surface area contributed by atoms with Gasteiger partial charge in [0.05, 0.1) is 0 Å². The molecule has 18 heavy (non-hydrogen) atoms. The molecule has 0 bridgehead atoms. The van der Waals surface area contributed by atoms with E-state index in [9.17, 15) is 0 Å². The zero-order valence-corrected chi connectivity index (χ0v) is 12.8. The van der Waals surface area contributed by atoms with Crippen molar-refractivity contribution in [2.24, 2.45) is 17.8 Å². The summed E-state index contributed by atoms with van der Waals surface area (Å²) in [7, 11) is 0. The molecule has 1 saturated heterocycles. The fraction of sp³-hybridized carbons (Fsp3) is 1.00. The minimum absolute atomic E-state index is 0.728. The average Bonchev–Trinajstić information content (AvgIpc) is 2.27. The standard InChI is InChI=1S/C16H32N2/c1-12(2)7-15-11-18(6-5-17-15)16-9-13(3)8-14(4)10-16/h12-17H,5-11H2,1-4H3. The van der Waals surface area contributed by atoms with Crippen molar-refractivity contribution in [3.63, 3.8) is 0 Å². The molecule has 2 aliphatic rings. The third kappa shape index (κ3) is 3.96. The zero-order chi connectivity index (χ0) is 13.1. The number of rotatable bonds is 3. The van der Waals surface area contributed by atoms with Gasteiger partial charge < -0.3 is 5.32 Å². The molecule has 1 saturated carbocycles. The molecule has 2 fully saturated rings. The van der Waals surface area contributed by atoms with E-state index >= 15 is 0 Å². The first-order valence-electron chi connectivity index (χ1n) is 8.02. The summed E-state index contributed by atoms with van der Waals surface area (Å²) in [4.78, 5) is 2.79. The van der Waals surface area contributed by atoms with Crippen LogP contribution in [0.15, 0.2) is 0 Å². The predicted octanol–water partition coefficient (Wildman–Crippen LogP) is 3.13. The van der Waals surface area contributed by atoms with Gasteiger partial charge in [-0.15, -0.1) is 0 Å². The molecule has 3 unspecified atom stereocenters. The van der Waals surface area contributed by atoms with E-state index in [1.807, 2.05) is 0 Å². The fourth-order valence-electron chi connectivity index (χ4n) is 4.11. The van der Waals surface area contributed by atoms with Crippen LogP contribution in [0.4, 0.5) is 0 Å². The van der Waals surface area contributed by atoms with Gasteiger partial charge in [0.2, 0.25) is 0 Å². The van der Waals surface area contributed by atoms with Gasteiger partial charge in [0.15, 0.2) is 0 Å². The number of hydrogen-bond acceptors (Lipinski definition) is 2. The van der Waals surface area contributed by atoms with Crippen molar-refractivity contribution in [3.05, 3.63) is 0 Å². The predicted molar refractivity (Wildman–Crippen MR) is 78.8 cm³/mol. The summed E-state index contributed by atoms with van der Waals surface area (Å²) in [6, 6.07) is 1.59. The van der Waals surface area contributed by atoms with Crippen LogP contribution < -0.4 is 5.32 Å². The molecule has 0 spiro atoms. The molecule has 1 aliphatic heterocycles. The van der Waals surface area contributed by atoms with Gasteiger partial charge in [0, 0.05) is 31.7 Å². The van der Waals surface area contributed by atoms with Gasteiger partial charge in [-0.25, -0.2) is 0 Å². The quantitative estimate of drug-likeness (QED) is 0.830. The highest BCUT2D eigenvalue weighted by atomic mass is 15.2. The van der Waals surface area contributed by atoms with E-state index in [0.29, 0.717) is 0 Å². The van der Waals surface area contributed by atoms with Gasteiger partial charge in [0.1, 0.15) is 0 Å². The highest BCUT2D eigenvalue weighted by Crippen LogP contribution is 2.32. The molecule has 0 aromatic heterocycles. The van der Waals surface area contributed by atoms with Crippen LogP contribution in [-0.4, -0.2) is 36.6 Å². The van der Waals surface area contributed by atoms with Gasteiger partial charge in [0.25, 0.3) is 0 Å². The minimum atomic E-state index is 0.728. The van der Waals surface area contributed by atoms with Crippen LogP contribution in [0.1, 0.15) is 53.4 Å². The lowest BCUT2D eigenvalue weighted by Crippen LogP contribution is -2.55. The summed E-state index contributed by atoms with van der Waals surface area (Å²) < 4.78 is 0. The van der Waals surface area contributed by atoms with E-state index in [0.717, 1.165) is 29.8 Å². The summed E-state index contributed by atoms with van der Waals surface area (Å²) in [5, 5.41) is 3.70. The van der Waals surface area contributed by atoms with Crippen molar-refractivity contribution >= 4 is 0 Å². The first-order chi connectivity index (χ1) is 8.54. The SMILES string of the molecule is CC(C)CC1CN(C2CC(C)CC(C)C2)CCN1. The summed E-state index contributed by atoms with van der Waals surface area (Å²) in [5.41, 5.74) is 0. The van der Waals surface area contributed by atoms with Crippen molar-refractivity contribution in [2.75, 3.05) is 19.6 Å². The van der Waals surface area contributed by atoms with Crippen molar-refractivity contribution in [1.29, 1.82) is 0 Å². The number of nitrogens with zero attached hydrogens (tertiary/aromatic N) is 1. The maximum Gasteiger partial charge on any atom is 0.0198 e. The molecule has 1 heterocycles. The normalized spacial score (nSPS) is 39.2. The van der Waals surface area contributed by atoms with Crippen LogP contribution in [-0.2, 0) is 0 Å². The Kier molecular flexibility index (Phi) is 5.08. The summed E-state index contributed by atoms with van der Waals surface area (Å²) in [6.07, 6.45) is 5.63. The molecule has 2 rings (SSSR count). The Hall–Kier alpha value is -0.0800. The molecule has 1 N–H and O–H groups in total. The van der Waals surface area contributed by atoms with Crippen LogP contribution in [0.3, 0.4) is 0 Å². The maximum atomic E-state index is 3.70. The van der Waals surface area contributed by atoms with Crippen LogP contribution >= 0.6 is 0 Å². The summed E-state index contributed by atoms with van der Waals surface area (Å²) in [5.74, 6) is 2.67. The topological polar surface area (TPSA) is 15.3 Å². The van der Waals surface area contributed by atoms with Gasteiger partial charge >= 0.3 is 0 Å². The molecule has 1 aliphatic carbocycles. The third-order valence-electron chi connectivity index (χ3n) is 4.71. The minimum Gasteiger partial charge on any atom is -0.311 e. The lowest BCUT2D eigenvalue weighted by Gasteiger charge is -2.43. The van der Waals surface area contributed by atoms with Gasteiger partial charge in [-0.2, -0.15) is 0 Å². The molecule has 3 atom stereocenters. The summed E-state index contributed by atoms with van der Waals surface area (Å²) >= 11 is 0. The molecule has 2 heteroatoms. The Bertz CT molecular complexity index is 241. The molecule has 0 amide bonds. The number of nitrogens with one attached hydrogen (secondary N) is 1. The molecule has 0 aromatic rings. The molecular weight excluding hydrogens is 220 g/mol. The summed E-state index contributed by atoms with van der Waals surface area (Å²) in [6.45, 7) is 13.3. The van der Waals surface area contributed by atoms with Crippen molar-refractivity contribution < 1.29 is 0 Å². The second kappa shape index (κ2) is 6.38. The number of hydrogen-bond donors (Lipinski definition) is 1. The van der Waals surface area contributed by atoms with E-state index in [1.165, 1.54) is 45.3 Å². The lowest BCUT2D eigenvalue weighted by molar-refractivity contribution is 0.0776. The Balaban J connectivity index is 1.87. The third-order valence-corrected chi connectivity index (χ3v) is 4.71. The van der Waals surface area contributed by atoms with Crippen LogP contribution in [0, 0.1) is 17.8 Å². The maximum absolute atomic E-state index is 3.70. The first-order valence-corrected chi connectivity index (χ1v) is 8.02. The van der Waals surface area contributed by atoms with Crippen molar-refractivity contribution in [3.8, 4) is 0 Å². The van der Waals surface area contributed by atoms with Gasteiger partial charge in [-0.3, -0.25) is 4.90 Å². The van der Waals surface area contributed by atoms with E-state index < -0.39 is 0 Å². The molecule has 0 aromatic carbocycles. The number of piperazine rings is 1. The average molecular weight is 252 g/mol. The smallest absolute Gasteiger partial charge is 0.0198 e. The van der Waals surface area contributed by atoms with Crippen molar-refractivity contribution in [2.45, 2.75) is 65.5 Å². The van der Waals surface area contributed by atoms with E-state index in [2.05, 4.69) is 37.9 Å². The van der Waals surface area contributed by atoms with Crippen LogP contribution in [0.5, 0.6) is 0 Å². The fourth-order valence-corrected chi connectivity index (χ4v) is 4.11. The zero-order valence-electron chi connectivity index (χ0n) is 12.8. The highest BCUT2D eigenvalue weighted by Gasteiger charge is 2.31. The molecular formula is C16H32N2. The molecule has 0 radical (unpaired) electrons. The lowest BCUT2D eigenvalue weighted by atomic mass is 9.79. The first kappa shape index (κ1) is 14.3. The Morgan fingerprint density at radius 2 is 1.78 bits per heavy atom.